The summed E-state index contributed by atoms with van der Waals surface area (Å²) in [6, 6.07) is 3.91. The standard InChI is InChI=1S/C16H19N3O2S/c20-16(15-7-6-14(22-15)13-5-2-8-21-13)17-9-12-10-3-1-4-11(10)18-19-12/h6-7,13H,1-5,8-9H2,(H,17,20)(H,18,19). The van der Waals surface area contributed by atoms with Gasteiger partial charge in [0.2, 0.25) is 0 Å². The lowest BCUT2D eigenvalue weighted by Crippen LogP contribution is -2.22. The van der Waals surface area contributed by atoms with Gasteiger partial charge in [0.05, 0.1) is 23.2 Å². The molecule has 0 aromatic carbocycles. The number of H-pyrrole nitrogens is 1. The number of rotatable bonds is 4. The fraction of sp³-hybridized carbons (Fsp3) is 0.500. The molecule has 0 spiro atoms. The Labute approximate surface area is 133 Å². The molecule has 0 bridgehead atoms. The molecule has 4 rings (SSSR count). The Bertz CT molecular complexity index is 685. The number of aromatic nitrogens is 2. The second-order valence-corrected chi connectivity index (χ2v) is 6.98. The van der Waals surface area contributed by atoms with E-state index in [0.717, 1.165) is 47.7 Å². The first kappa shape index (κ1) is 14.0. The Morgan fingerprint density at radius 3 is 3.23 bits per heavy atom. The molecule has 1 unspecified atom stereocenters. The van der Waals surface area contributed by atoms with Crippen molar-refractivity contribution >= 4 is 17.2 Å². The summed E-state index contributed by atoms with van der Waals surface area (Å²) in [7, 11) is 0. The molecule has 3 heterocycles. The van der Waals surface area contributed by atoms with Crippen LogP contribution in [0.4, 0.5) is 0 Å². The van der Waals surface area contributed by atoms with Gasteiger partial charge in [-0.3, -0.25) is 9.89 Å². The van der Waals surface area contributed by atoms with Crippen molar-refractivity contribution in [2.45, 2.75) is 44.8 Å². The topological polar surface area (TPSA) is 67.0 Å². The number of aromatic amines is 1. The summed E-state index contributed by atoms with van der Waals surface area (Å²) < 4.78 is 5.67. The number of aryl methyl sites for hydroxylation is 1. The number of thiophene rings is 1. The highest BCUT2D eigenvalue weighted by molar-refractivity contribution is 7.14. The molecule has 1 fully saturated rings. The number of amides is 1. The number of fused-ring (bicyclic) bond motifs is 1. The average Bonchev–Trinajstić information content (AvgIpc) is 3.28. The van der Waals surface area contributed by atoms with Crippen molar-refractivity contribution in [1.29, 1.82) is 0 Å². The number of nitrogens with one attached hydrogen (secondary N) is 2. The number of ether oxygens (including phenoxy) is 1. The average molecular weight is 317 g/mol. The van der Waals surface area contributed by atoms with Crippen LogP contribution in [0.2, 0.25) is 0 Å². The van der Waals surface area contributed by atoms with E-state index in [2.05, 4.69) is 15.5 Å². The van der Waals surface area contributed by atoms with Gasteiger partial charge in [0.25, 0.3) is 5.91 Å². The quantitative estimate of drug-likeness (QED) is 0.911. The summed E-state index contributed by atoms with van der Waals surface area (Å²) >= 11 is 1.54. The fourth-order valence-electron chi connectivity index (χ4n) is 3.24. The first-order valence-electron chi connectivity index (χ1n) is 7.86. The van der Waals surface area contributed by atoms with Gasteiger partial charge in [-0.05, 0) is 49.8 Å². The lowest BCUT2D eigenvalue weighted by molar-refractivity contribution is 0.0954. The number of hydrogen-bond donors (Lipinski definition) is 2. The molecule has 1 amide bonds. The summed E-state index contributed by atoms with van der Waals surface area (Å²) in [5.41, 5.74) is 3.52. The van der Waals surface area contributed by atoms with Crippen LogP contribution in [-0.4, -0.2) is 22.7 Å². The van der Waals surface area contributed by atoms with Crippen LogP contribution in [0.5, 0.6) is 0 Å². The maximum absolute atomic E-state index is 12.3. The monoisotopic (exact) mass is 317 g/mol. The Morgan fingerprint density at radius 2 is 2.36 bits per heavy atom. The third-order valence-corrected chi connectivity index (χ3v) is 5.58. The zero-order valence-corrected chi connectivity index (χ0v) is 13.2. The van der Waals surface area contributed by atoms with Crippen molar-refractivity contribution < 1.29 is 9.53 Å². The second-order valence-electron chi connectivity index (χ2n) is 5.87. The molecule has 2 aliphatic rings. The molecule has 0 saturated carbocycles. The predicted molar refractivity (Wildman–Crippen MR) is 84.0 cm³/mol. The molecule has 2 aromatic rings. The van der Waals surface area contributed by atoms with E-state index < -0.39 is 0 Å². The summed E-state index contributed by atoms with van der Waals surface area (Å²) in [6.45, 7) is 1.33. The van der Waals surface area contributed by atoms with Crippen LogP contribution in [0.1, 0.15) is 56.9 Å². The van der Waals surface area contributed by atoms with Crippen LogP contribution >= 0.6 is 11.3 Å². The number of carbonyl (C=O) groups excluding carboxylic acids is 1. The molecule has 2 aromatic heterocycles. The highest BCUT2D eigenvalue weighted by Crippen LogP contribution is 2.33. The van der Waals surface area contributed by atoms with Crippen LogP contribution in [0, 0.1) is 0 Å². The molecule has 116 valence electrons. The normalized spacial score (nSPS) is 20.3. The lowest BCUT2D eigenvalue weighted by Gasteiger charge is -2.05. The van der Waals surface area contributed by atoms with Gasteiger partial charge in [0.15, 0.2) is 0 Å². The first-order valence-corrected chi connectivity index (χ1v) is 8.67. The van der Waals surface area contributed by atoms with E-state index in [0.29, 0.717) is 6.54 Å². The van der Waals surface area contributed by atoms with Gasteiger partial charge in [0, 0.05) is 17.2 Å². The highest BCUT2D eigenvalue weighted by Gasteiger charge is 2.22. The first-order chi connectivity index (χ1) is 10.8. The van der Waals surface area contributed by atoms with Crippen molar-refractivity contribution in [3.05, 3.63) is 38.8 Å². The van der Waals surface area contributed by atoms with E-state index in [1.54, 1.807) is 0 Å². The van der Waals surface area contributed by atoms with Crippen molar-refractivity contribution in [3.63, 3.8) is 0 Å². The minimum atomic E-state index is -0.0241. The van der Waals surface area contributed by atoms with Gasteiger partial charge in [-0.25, -0.2) is 0 Å². The molecule has 1 aliphatic carbocycles. The zero-order chi connectivity index (χ0) is 14.9. The van der Waals surface area contributed by atoms with Crippen LogP contribution < -0.4 is 5.32 Å². The summed E-state index contributed by atoms with van der Waals surface area (Å²) in [5, 5.41) is 10.4. The van der Waals surface area contributed by atoms with Crippen molar-refractivity contribution in [3.8, 4) is 0 Å². The lowest BCUT2D eigenvalue weighted by atomic mass is 10.2. The van der Waals surface area contributed by atoms with Crippen LogP contribution in [0.3, 0.4) is 0 Å². The van der Waals surface area contributed by atoms with Gasteiger partial charge < -0.3 is 10.1 Å². The van der Waals surface area contributed by atoms with E-state index in [1.165, 1.54) is 29.0 Å². The molecular weight excluding hydrogens is 298 g/mol. The number of nitrogens with zero attached hydrogens (tertiary/aromatic N) is 1. The van der Waals surface area contributed by atoms with E-state index in [-0.39, 0.29) is 12.0 Å². The smallest absolute Gasteiger partial charge is 0.261 e. The molecule has 1 atom stereocenters. The molecule has 1 saturated heterocycles. The Hall–Kier alpha value is -1.66. The minimum Gasteiger partial charge on any atom is -0.373 e. The van der Waals surface area contributed by atoms with Crippen LogP contribution in [0.25, 0.3) is 0 Å². The van der Waals surface area contributed by atoms with E-state index in [4.69, 9.17) is 4.74 Å². The molecule has 0 radical (unpaired) electrons. The summed E-state index contributed by atoms with van der Waals surface area (Å²) in [4.78, 5) is 14.2. The third-order valence-electron chi connectivity index (χ3n) is 4.41. The van der Waals surface area contributed by atoms with Crippen molar-refractivity contribution in [2.75, 3.05) is 6.61 Å². The van der Waals surface area contributed by atoms with Gasteiger partial charge >= 0.3 is 0 Å². The minimum absolute atomic E-state index is 0.0241. The molecular formula is C16H19N3O2S. The van der Waals surface area contributed by atoms with Gasteiger partial charge in [-0.15, -0.1) is 11.3 Å². The molecule has 1 aliphatic heterocycles. The third kappa shape index (κ3) is 2.57. The van der Waals surface area contributed by atoms with E-state index in [9.17, 15) is 4.79 Å². The molecule has 22 heavy (non-hydrogen) atoms. The Kier molecular flexibility index (Phi) is 3.72. The van der Waals surface area contributed by atoms with E-state index >= 15 is 0 Å². The van der Waals surface area contributed by atoms with E-state index in [1.807, 2.05) is 12.1 Å². The second kappa shape index (κ2) is 5.85. The SMILES string of the molecule is O=C(NCc1n[nH]c2c1CCC2)c1ccc(C2CCCO2)s1. The van der Waals surface area contributed by atoms with Gasteiger partial charge in [0.1, 0.15) is 0 Å². The fourth-order valence-corrected chi connectivity index (χ4v) is 4.24. The van der Waals surface area contributed by atoms with Crippen LogP contribution in [0.15, 0.2) is 12.1 Å². The predicted octanol–water partition coefficient (Wildman–Crippen LogP) is 2.74. The molecule has 6 heteroatoms. The largest absolute Gasteiger partial charge is 0.373 e. The molecule has 2 N–H and O–H groups in total. The summed E-state index contributed by atoms with van der Waals surface area (Å²) in [5.74, 6) is -0.0241. The van der Waals surface area contributed by atoms with Gasteiger partial charge in [-0.1, -0.05) is 0 Å². The van der Waals surface area contributed by atoms with Gasteiger partial charge in [-0.2, -0.15) is 5.10 Å². The number of hydrogen-bond acceptors (Lipinski definition) is 4. The maximum atomic E-state index is 12.3. The van der Waals surface area contributed by atoms with Crippen LogP contribution in [-0.2, 0) is 24.1 Å². The van der Waals surface area contributed by atoms with Crippen molar-refractivity contribution in [2.24, 2.45) is 0 Å². The highest BCUT2D eigenvalue weighted by atomic mass is 32.1. The Morgan fingerprint density at radius 1 is 1.41 bits per heavy atom. The zero-order valence-electron chi connectivity index (χ0n) is 12.4. The maximum Gasteiger partial charge on any atom is 0.261 e. The molecule has 5 nitrogen and oxygen atoms in total. The van der Waals surface area contributed by atoms with Crippen molar-refractivity contribution in [1.82, 2.24) is 15.5 Å². The Balaban J connectivity index is 1.39. The number of carbonyl (C=O) groups is 1. The summed E-state index contributed by atoms with van der Waals surface area (Å²) in [6.07, 6.45) is 5.67.